The van der Waals surface area contributed by atoms with Gasteiger partial charge < -0.3 is 15.3 Å². The molecule has 25 heavy (non-hydrogen) atoms. The summed E-state index contributed by atoms with van der Waals surface area (Å²) in [6.45, 7) is 8.98. The molecular formula is C20H32N4O. The van der Waals surface area contributed by atoms with Crippen LogP contribution in [0.25, 0.3) is 0 Å². The van der Waals surface area contributed by atoms with E-state index in [1.165, 1.54) is 24.0 Å². The van der Waals surface area contributed by atoms with Crippen LogP contribution in [0, 0.1) is 0 Å². The molecule has 2 heterocycles. The maximum Gasteiger partial charge on any atom is 0.194 e. The number of nitrogens with one attached hydrogen (secondary N) is 1. The van der Waals surface area contributed by atoms with Crippen LogP contribution in [-0.2, 0) is 13.1 Å². The highest BCUT2D eigenvalue weighted by Crippen LogP contribution is 2.15. The summed E-state index contributed by atoms with van der Waals surface area (Å²) in [6, 6.07) is 8.84. The molecule has 0 atom stereocenters. The Bertz CT molecular complexity index is 543. The number of nitrogens with zero attached hydrogens (tertiary/aromatic N) is 3. The van der Waals surface area contributed by atoms with Crippen LogP contribution in [0.4, 0.5) is 0 Å². The zero-order valence-corrected chi connectivity index (χ0v) is 15.5. The van der Waals surface area contributed by atoms with Crippen LogP contribution in [0.2, 0.25) is 0 Å². The van der Waals surface area contributed by atoms with E-state index in [4.69, 9.17) is 4.99 Å². The molecular weight excluding hydrogens is 312 g/mol. The molecule has 3 rings (SSSR count). The van der Waals surface area contributed by atoms with Gasteiger partial charge in [-0.15, -0.1) is 0 Å². The predicted octanol–water partition coefficient (Wildman–Crippen LogP) is 2.20. The van der Waals surface area contributed by atoms with E-state index in [0.29, 0.717) is 0 Å². The quantitative estimate of drug-likeness (QED) is 0.635. The molecule has 0 saturated carbocycles. The lowest BCUT2D eigenvalue weighted by Crippen LogP contribution is -2.39. The first kappa shape index (κ1) is 18.2. The monoisotopic (exact) mass is 344 g/mol. The van der Waals surface area contributed by atoms with Crippen molar-refractivity contribution in [3.05, 3.63) is 35.4 Å². The Balaban J connectivity index is 1.53. The van der Waals surface area contributed by atoms with Gasteiger partial charge in [0.25, 0.3) is 0 Å². The van der Waals surface area contributed by atoms with E-state index in [-0.39, 0.29) is 6.10 Å². The van der Waals surface area contributed by atoms with Gasteiger partial charge in [0.05, 0.1) is 12.6 Å². The maximum atomic E-state index is 9.60. The molecule has 0 aromatic heterocycles. The summed E-state index contributed by atoms with van der Waals surface area (Å²) >= 11 is 0. The van der Waals surface area contributed by atoms with Crippen molar-refractivity contribution in [1.82, 2.24) is 15.1 Å². The number of hydrogen-bond donors (Lipinski definition) is 2. The van der Waals surface area contributed by atoms with Gasteiger partial charge in [0, 0.05) is 39.3 Å². The van der Waals surface area contributed by atoms with Crippen LogP contribution in [0.1, 0.15) is 43.7 Å². The van der Waals surface area contributed by atoms with Gasteiger partial charge >= 0.3 is 0 Å². The van der Waals surface area contributed by atoms with E-state index in [9.17, 15) is 5.11 Å². The highest BCUT2D eigenvalue weighted by molar-refractivity contribution is 5.80. The van der Waals surface area contributed by atoms with Crippen molar-refractivity contribution in [2.75, 3.05) is 32.7 Å². The molecule has 2 aliphatic heterocycles. The van der Waals surface area contributed by atoms with E-state index in [2.05, 4.69) is 46.3 Å². The summed E-state index contributed by atoms with van der Waals surface area (Å²) in [7, 11) is 0. The lowest BCUT2D eigenvalue weighted by atomic mass is 10.1. The van der Waals surface area contributed by atoms with Gasteiger partial charge in [0.1, 0.15) is 0 Å². The number of guanidine groups is 1. The van der Waals surface area contributed by atoms with Crippen molar-refractivity contribution in [1.29, 1.82) is 0 Å². The smallest absolute Gasteiger partial charge is 0.194 e. The van der Waals surface area contributed by atoms with Gasteiger partial charge in [-0.05, 0) is 43.7 Å². The number of likely N-dealkylation sites (tertiary alicyclic amines) is 2. The molecule has 0 bridgehead atoms. The minimum absolute atomic E-state index is 0.0991. The predicted molar refractivity (Wildman–Crippen MR) is 103 cm³/mol. The third kappa shape index (κ3) is 5.44. The van der Waals surface area contributed by atoms with Gasteiger partial charge in [-0.2, -0.15) is 0 Å². The third-order valence-corrected chi connectivity index (χ3v) is 5.14. The molecule has 2 N–H and O–H groups in total. The van der Waals surface area contributed by atoms with Crippen LogP contribution in [-0.4, -0.2) is 59.7 Å². The third-order valence-electron chi connectivity index (χ3n) is 5.14. The van der Waals surface area contributed by atoms with Crippen LogP contribution in [0.5, 0.6) is 0 Å². The van der Waals surface area contributed by atoms with E-state index in [1.54, 1.807) is 0 Å². The molecule has 2 saturated heterocycles. The molecule has 0 unspecified atom stereocenters. The molecule has 0 spiro atoms. The molecule has 5 nitrogen and oxygen atoms in total. The molecule has 138 valence electrons. The van der Waals surface area contributed by atoms with Crippen LogP contribution < -0.4 is 5.32 Å². The lowest BCUT2D eigenvalue weighted by molar-refractivity contribution is 0.0792. The van der Waals surface area contributed by atoms with Crippen LogP contribution in [0.15, 0.2) is 29.3 Å². The molecule has 1 aromatic carbocycles. The molecule has 0 aliphatic carbocycles. The number of hydrogen-bond acceptors (Lipinski definition) is 3. The normalized spacial score (nSPS) is 20.2. The van der Waals surface area contributed by atoms with E-state index >= 15 is 0 Å². The summed E-state index contributed by atoms with van der Waals surface area (Å²) in [5, 5.41) is 13.0. The lowest BCUT2D eigenvalue weighted by Gasteiger charge is -2.29. The fourth-order valence-electron chi connectivity index (χ4n) is 3.61. The highest BCUT2D eigenvalue weighted by Gasteiger charge is 2.17. The Morgan fingerprint density at radius 2 is 1.72 bits per heavy atom. The van der Waals surface area contributed by atoms with Gasteiger partial charge in [0.2, 0.25) is 0 Å². The Labute approximate surface area is 151 Å². The summed E-state index contributed by atoms with van der Waals surface area (Å²) in [6.07, 6.45) is 4.24. The van der Waals surface area contributed by atoms with Crippen molar-refractivity contribution in [3.63, 3.8) is 0 Å². The second kappa shape index (κ2) is 9.20. The van der Waals surface area contributed by atoms with Crippen LogP contribution in [0.3, 0.4) is 0 Å². The summed E-state index contributed by atoms with van der Waals surface area (Å²) in [5.41, 5.74) is 2.60. The molecule has 2 fully saturated rings. The fraction of sp³-hybridized carbons (Fsp3) is 0.650. The molecule has 5 heteroatoms. The second-order valence-electron chi connectivity index (χ2n) is 7.19. The number of rotatable bonds is 5. The van der Waals surface area contributed by atoms with E-state index < -0.39 is 0 Å². The first-order valence-electron chi connectivity index (χ1n) is 9.76. The van der Waals surface area contributed by atoms with Crippen molar-refractivity contribution in [3.8, 4) is 0 Å². The number of benzene rings is 1. The Morgan fingerprint density at radius 1 is 1.08 bits per heavy atom. The first-order valence-corrected chi connectivity index (χ1v) is 9.76. The van der Waals surface area contributed by atoms with Gasteiger partial charge in [-0.25, -0.2) is 4.99 Å². The van der Waals surface area contributed by atoms with Crippen molar-refractivity contribution < 1.29 is 5.11 Å². The van der Waals surface area contributed by atoms with Crippen molar-refractivity contribution in [2.45, 2.75) is 51.8 Å². The van der Waals surface area contributed by atoms with E-state index in [1.807, 2.05) is 0 Å². The SMILES string of the molecule is CCNC(=NCc1ccc(CN2CCC(O)CC2)cc1)N1CCCC1. The zero-order chi connectivity index (χ0) is 17.5. The first-order chi connectivity index (χ1) is 12.2. The molecule has 0 amide bonds. The molecule has 2 aliphatic rings. The molecule has 1 aromatic rings. The molecule has 0 radical (unpaired) electrons. The Kier molecular flexibility index (Phi) is 6.70. The van der Waals surface area contributed by atoms with Crippen LogP contribution >= 0.6 is 0 Å². The Morgan fingerprint density at radius 3 is 2.36 bits per heavy atom. The summed E-state index contributed by atoms with van der Waals surface area (Å²) < 4.78 is 0. The Hall–Kier alpha value is -1.59. The summed E-state index contributed by atoms with van der Waals surface area (Å²) in [4.78, 5) is 9.60. The fourth-order valence-corrected chi connectivity index (χ4v) is 3.61. The number of aliphatic hydroxyl groups is 1. The standard InChI is InChI=1S/C20H32N4O/c1-2-21-20(24-11-3-4-12-24)22-15-17-5-7-18(8-6-17)16-23-13-9-19(25)10-14-23/h5-8,19,25H,2-4,9-16H2,1H3,(H,21,22). The minimum atomic E-state index is -0.0991. The largest absolute Gasteiger partial charge is 0.393 e. The number of aliphatic hydroxyl groups excluding tert-OH is 1. The number of piperidine rings is 1. The topological polar surface area (TPSA) is 51.1 Å². The van der Waals surface area contributed by atoms with Gasteiger partial charge in [0.15, 0.2) is 5.96 Å². The summed E-state index contributed by atoms with van der Waals surface area (Å²) in [5.74, 6) is 1.05. The highest BCUT2D eigenvalue weighted by atomic mass is 16.3. The minimum Gasteiger partial charge on any atom is -0.393 e. The number of aliphatic imine (C=N–C) groups is 1. The van der Waals surface area contributed by atoms with Crippen molar-refractivity contribution >= 4 is 5.96 Å². The second-order valence-corrected chi connectivity index (χ2v) is 7.19. The average molecular weight is 345 g/mol. The van der Waals surface area contributed by atoms with Gasteiger partial charge in [-0.1, -0.05) is 24.3 Å². The van der Waals surface area contributed by atoms with E-state index in [0.717, 1.165) is 64.6 Å². The maximum absolute atomic E-state index is 9.60. The van der Waals surface area contributed by atoms with Gasteiger partial charge in [-0.3, -0.25) is 4.90 Å². The average Bonchev–Trinajstić information content (AvgIpc) is 3.16. The zero-order valence-electron chi connectivity index (χ0n) is 15.5. The van der Waals surface area contributed by atoms with Crippen molar-refractivity contribution in [2.24, 2.45) is 4.99 Å².